The van der Waals surface area contributed by atoms with Crippen LogP contribution in [-0.4, -0.2) is 39.3 Å². The molecule has 0 amide bonds. The number of hydrogen-bond acceptors (Lipinski definition) is 4. The summed E-state index contributed by atoms with van der Waals surface area (Å²) in [5, 5.41) is 21.8. The number of nitrogens with zero attached hydrogens (tertiary/aromatic N) is 2. The Hall–Kier alpha value is -2.97. The van der Waals surface area contributed by atoms with E-state index in [0.29, 0.717) is 11.6 Å². The van der Waals surface area contributed by atoms with Gasteiger partial charge in [0, 0.05) is 30.2 Å². The first-order valence-corrected chi connectivity index (χ1v) is 8.92. The molecule has 1 aliphatic heterocycles. The number of aromatic amines is 1. The number of H-pyrrole nitrogens is 1. The highest BCUT2D eigenvalue weighted by atomic mass is 16.3. The van der Waals surface area contributed by atoms with Gasteiger partial charge >= 0.3 is 0 Å². The number of benzene rings is 2. The Morgan fingerprint density at radius 2 is 2.23 bits per heavy atom. The second-order valence-electron chi connectivity index (χ2n) is 6.89. The van der Waals surface area contributed by atoms with Crippen molar-refractivity contribution in [3.05, 3.63) is 53.7 Å². The lowest BCUT2D eigenvalue weighted by molar-refractivity contribution is 0.208. The third-order valence-electron chi connectivity index (χ3n) is 4.94. The number of hydrogen-bond donors (Lipinski definition) is 3. The number of phenols is 1. The van der Waals surface area contributed by atoms with Crippen LogP contribution in [0.25, 0.3) is 10.9 Å². The number of anilines is 1. The van der Waals surface area contributed by atoms with E-state index in [1.54, 1.807) is 6.07 Å². The predicted molar refractivity (Wildman–Crippen MR) is 104 cm³/mol. The minimum absolute atomic E-state index is 0.185. The van der Waals surface area contributed by atoms with Crippen molar-refractivity contribution in [2.24, 2.45) is 0 Å². The van der Waals surface area contributed by atoms with E-state index in [1.165, 1.54) is 0 Å². The van der Waals surface area contributed by atoms with Crippen molar-refractivity contribution in [2.75, 3.05) is 18.4 Å². The number of rotatable bonds is 4. The van der Waals surface area contributed by atoms with Crippen molar-refractivity contribution in [1.82, 2.24) is 15.1 Å². The van der Waals surface area contributed by atoms with E-state index >= 15 is 0 Å². The third kappa shape index (κ3) is 3.51. The highest BCUT2D eigenvalue weighted by Crippen LogP contribution is 2.23. The molecule has 0 aliphatic carbocycles. The van der Waals surface area contributed by atoms with Crippen LogP contribution in [0.2, 0.25) is 0 Å². The first-order valence-electron chi connectivity index (χ1n) is 8.92. The second-order valence-corrected chi connectivity index (χ2v) is 6.89. The molecule has 0 saturated carbocycles. The maximum atomic E-state index is 9.96. The van der Waals surface area contributed by atoms with Crippen LogP contribution >= 0.6 is 0 Å². The Bertz CT molecular complexity index is 956. The van der Waals surface area contributed by atoms with Crippen molar-refractivity contribution in [3.63, 3.8) is 0 Å². The molecule has 3 N–H and O–H groups in total. The number of likely N-dealkylation sites (tertiary alicyclic amines) is 1. The normalized spacial score (nSPS) is 17.9. The molecule has 1 aliphatic rings. The monoisotopic (exact) mass is 346 g/mol. The molecule has 0 spiro atoms. The van der Waals surface area contributed by atoms with E-state index in [1.807, 2.05) is 18.3 Å². The Kier molecular flexibility index (Phi) is 4.51. The van der Waals surface area contributed by atoms with Gasteiger partial charge in [-0.15, -0.1) is 6.42 Å². The summed E-state index contributed by atoms with van der Waals surface area (Å²) in [7, 11) is 0. The largest absolute Gasteiger partial charge is 0.507 e. The van der Waals surface area contributed by atoms with Crippen LogP contribution in [0, 0.1) is 12.3 Å². The van der Waals surface area contributed by atoms with Crippen molar-refractivity contribution in [3.8, 4) is 18.1 Å². The first-order chi connectivity index (χ1) is 12.7. The zero-order chi connectivity index (χ0) is 17.9. The summed E-state index contributed by atoms with van der Waals surface area (Å²) < 4.78 is 0. The fourth-order valence-electron chi connectivity index (χ4n) is 3.64. The van der Waals surface area contributed by atoms with Crippen LogP contribution in [0.3, 0.4) is 0 Å². The molecule has 0 bridgehead atoms. The molecule has 0 radical (unpaired) electrons. The Labute approximate surface area is 153 Å². The lowest BCUT2D eigenvalue weighted by atomic mass is 10.0. The van der Waals surface area contributed by atoms with Gasteiger partial charge in [0.05, 0.1) is 17.3 Å². The fraction of sp³-hybridized carbons (Fsp3) is 0.286. The van der Waals surface area contributed by atoms with Crippen LogP contribution in [-0.2, 0) is 6.54 Å². The summed E-state index contributed by atoms with van der Waals surface area (Å²) in [6.45, 7) is 2.86. The standard InChI is InChI=1S/C21H22N4O/c1-2-16-6-5-15(10-21(16)26)13-25-9-3-4-19(14-25)23-18-7-8-20-17(11-18)12-22-24-20/h1,5-8,10-12,19,23,26H,3-4,9,13-14H2,(H,22,24)/t19-/m0/s1. The Morgan fingerprint density at radius 1 is 1.31 bits per heavy atom. The Morgan fingerprint density at radius 3 is 3.08 bits per heavy atom. The number of fused-ring (bicyclic) bond motifs is 1. The maximum Gasteiger partial charge on any atom is 0.131 e. The SMILES string of the molecule is C#Cc1ccc(CN2CCC[C@H](Nc3ccc4[nH]ncc4c3)C2)cc1O. The fourth-order valence-corrected chi connectivity index (χ4v) is 3.64. The summed E-state index contributed by atoms with van der Waals surface area (Å²) in [5.74, 6) is 2.68. The van der Waals surface area contributed by atoms with Crippen LogP contribution in [0.15, 0.2) is 42.6 Å². The number of aromatic nitrogens is 2. The van der Waals surface area contributed by atoms with E-state index in [4.69, 9.17) is 6.42 Å². The summed E-state index contributed by atoms with van der Waals surface area (Å²) in [6, 6.07) is 12.3. The highest BCUT2D eigenvalue weighted by Gasteiger charge is 2.20. The number of nitrogens with one attached hydrogen (secondary N) is 2. The van der Waals surface area contributed by atoms with Gasteiger partial charge in [-0.3, -0.25) is 10.00 Å². The molecule has 2 aromatic carbocycles. The van der Waals surface area contributed by atoms with Gasteiger partial charge in [-0.1, -0.05) is 12.0 Å². The summed E-state index contributed by atoms with van der Waals surface area (Å²) in [4.78, 5) is 2.42. The maximum absolute atomic E-state index is 9.96. The van der Waals surface area contributed by atoms with Gasteiger partial charge in [-0.25, -0.2) is 0 Å². The quantitative estimate of drug-likeness (QED) is 0.634. The van der Waals surface area contributed by atoms with Crippen molar-refractivity contribution >= 4 is 16.6 Å². The first kappa shape index (κ1) is 16.5. The highest BCUT2D eigenvalue weighted by molar-refractivity contribution is 5.81. The summed E-state index contributed by atoms with van der Waals surface area (Å²) in [6.07, 6.45) is 9.52. The van der Waals surface area contributed by atoms with E-state index in [9.17, 15) is 5.11 Å². The minimum Gasteiger partial charge on any atom is -0.507 e. The Balaban J connectivity index is 1.40. The molecule has 2 heterocycles. The molecule has 5 nitrogen and oxygen atoms in total. The third-order valence-corrected chi connectivity index (χ3v) is 4.94. The van der Waals surface area contributed by atoms with Crippen LogP contribution in [0.4, 0.5) is 5.69 Å². The lowest BCUT2D eigenvalue weighted by Gasteiger charge is -2.33. The van der Waals surface area contributed by atoms with E-state index in [0.717, 1.165) is 54.6 Å². The van der Waals surface area contributed by atoms with Gasteiger partial charge in [0.25, 0.3) is 0 Å². The van der Waals surface area contributed by atoms with Crippen LogP contribution in [0.1, 0.15) is 24.0 Å². The van der Waals surface area contributed by atoms with E-state index in [-0.39, 0.29) is 5.75 Å². The molecule has 26 heavy (non-hydrogen) atoms. The van der Waals surface area contributed by atoms with Gasteiger partial charge in [0.1, 0.15) is 5.75 Å². The molecule has 0 unspecified atom stereocenters. The minimum atomic E-state index is 0.185. The molecular weight excluding hydrogens is 324 g/mol. The number of aromatic hydroxyl groups is 1. The summed E-state index contributed by atoms with van der Waals surface area (Å²) in [5.41, 5.74) is 3.81. The molecule has 4 rings (SSSR count). The summed E-state index contributed by atoms with van der Waals surface area (Å²) >= 11 is 0. The van der Waals surface area contributed by atoms with E-state index in [2.05, 4.69) is 44.5 Å². The van der Waals surface area contributed by atoms with Crippen molar-refractivity contribution in [1.29, 1.82) is 0 Å². The smallest absolute Gasteiger partial charge is 0.131 e. The van der Waals surface area contributed by atoms with Gasteiger partial charge in [-0.2, -0.15) is 5.10 Å². The molecule has 3 aromatic rings. The molecule has 132 valence electrons. The molecule has 1 aromatic heterocycles. The van der Waals surface area contributed by atoms with Gasteiger partial charge < -0.3 is 10.4 Å². The van der Waals surface area contributed by atoms with E-state index < -0.39 is 0 Å². The zero-order valence-corrected chi connectivity index (χ0v) is 14.6. The van der Waals surface area contributed by atoms with Crippen LogP contribution < -0.4 is 5.32 Å². The van der Waals surface area contributed by atoms with Crippen molar-refractivity contribution in [2.45, 2.75) is 25.4 Å². The number of piperidine rings is 1. The second kappa shape index (κ2) is 7.11. The van der Waals surface area contributed by atoms with Gasteiger partial charge in [0.2, 0.25) is 0 Å². The van der Waals surface area contributed by atoms with Crippen LogP contribution in [0.5, 0.6) is 5.75 Å². The molecule has 5 heteroatoms. The zero-order valence-electron chi connectivity index (χ0n) is 14.6. The predicted octanol–water partition coefficient (Wildman–Crippen LogP) is 3.33. The molecule has 1 fully saturated rings. The molecule has 1 atom stereocenters. The topological polar surface area (TPSA) is 64.2 Å². The molecule has 1 saturated heterocycles. The number of phenolic OH excluding ortho intramolecular Hbond substituents is 1. The average molecular weight is 346 g/mol. The number of terminal acetylenes is 1. The van der Waals surface area contributed by atoms with Crippen molar-refractivity contribution < 1.29 is 5.11 Å². The van der Waals surface area contributed by atoms with Gasteiger partial charge in [0.15, 0.2) is 0 Å². The van der Waals surface area contributed by atoms with Gasteiger partial charge in [-0.05, 0) is 55.3 Å². The molecular formula is C21H22N4O. The lowest BCUT2D eigenvalue weighted by Crippen LogP contribution is -2.41. The average Bonchev–Trinajstić information content (AvgIpc) is 3.10.